The zero-order chi connectivity index (χ0) is 17.6. The van der Waals surface area contributed by atoms with Crippen LogP contribution in [0.5, 0.6) is 5.75 Å². The molecule has 1 aromatic heterocycles. The van der Waals surface area contributed by atoms with Crippen molar-refractivity contribution in [1.82, 2.24) is 15.5 Å². The number of ether oxygens (including phenoxy) is 1. The first-order valence-corrected chi connectivity index (χ1v) is 7.97. The fourth-order valence-electron chi connectivity index (χ4n) is 2.39. The van der Waals surface area contributed by atoms with Crippen molar-refractivity contribution in [1.29, 1.82) is 0 Å². The van der Waals surface area contributed by atoms with Crippen LogP contribution in [0.2, 0.25) is 0 Å². The number of aromatic nitrogens is 2. The lowest BCUT2D eigenvalue weighted by molar-refractivity contribution is -0.122. The molecule has 1 N–H and O–H groups in total. The number of hydrogen-bond donors (Lipinski definition) is 1. The topological polar surface area (TPSA) is 77.2 Å². The lowest BCUT2D eigenvalue weighted by Gasteiger charge is -2.11. The summed E-state index contributed by atoms with van der Waals surface area (Å²) in [5, 5.41) is 6.74. The molecule has 0 aliphatic heterocycles. The van der Waals surface area contributed by atoms with Crippen molar-refractivity contribution in [2.24, 2.45) is 0 Å². The molecule has 25 heavy (non-hydrogen) atoms. The summed E-state index contributed by atoms with van der Waals surface area (Å²) >= 11 is 0. The second kappa shape index (κ2) is 7.61. The third-order valence-electron chi connectivity index (χ3n) is 3.92. The van der Waals surface area contributed by atoms with Gasteiger partial charge in [-0.15, -0.1) is 0 Å². The highest BCUT2D eigenvalue weighted by atomic mass is 16.5. The van der Waals surface area contributed by atoms with Gasteiger partial charge in [-0.2, -0.15) is 4.98 Å². The maximum absolute atomic E-state index is 12.3. The minimum atomic E-state index is -0.242. The lowest BCUT2D eigenvalue weighted by atomic mass is 10.0. The van der Waals surface area contributed by atoms with Crippen LogP contribution in [0.3, 0.4) is 0 Å². The molecule has 3 rings (SSSR count). The maximum Gasteiger partial charge on any atom is 0.257 e. The summed E-state index contributed by atoms with van der Waals surface area (Å²) in [4.78, 5) is 16.6. The number of carbonyl (C=O) groups excluding carboxylic acids is 1. The molecule has 2 aromatic carbocycles. The van der Waals surface area contributed by atoms with E-state index in [0.717, 1.165) is 16.9 Å². The summed E-state index contributed by atoms with van der Waals surface area (Å²) in [6.07, 6.45) is 0. The lowest BCUT2D eigenvalue weighted by Crippen LogP contribution is -2.27. The molecule has 6 heteroatoms. The van der Waals surface area contributed by atoms with E-state index in [2.05, 4.69) is 15.5 Å². The summed E-state index contributed by atoms with van der Waals surface area (Å²) in [5.74, 6) is 1.27. The third kappa shape index (κ3) is 4.03. The molecular weight excluding hydrogens is 318 g/mol. The monoisotopic (exact) mass is 337 g/mol. The van der Waals surface area contributed by atoms with Gasteiger partial charge in [0.25, 0.3) is 5.89 Å². The summed E-state index contributed by atoms with van der Waals surface area (Å²) in [6.45, 7) is 2.08. The summed E-state index contributed by atoms with van der Waals surface area (Å²) in [5.41, 5.74) is 1.76. The van der Waals surface area contributed by atoms with Crippen LogP contribution in [0.25, 0.3) is 11.5 Å². The second-order valence-electron chi connectivity index (χ2n) is 5.59. The van der Waals surface area contributed by atoms with Gasteiger partial charge in [-0.05, 0) is 36.8 Å². The Morgan fingerprint density at radius 1 is 1.16 bits per heavy atom. The van der Waals surface area contributed by atoms with Crippen molar-refractivity contribution in [2.45, 2.75) is 19.4 Å². The van der Waals surface area contributed by atoms with Crippen molar-refractivity contribution < 1.29 is 14.1 Å². The van der Waals surface area contributed by atoms with Crippen LogP contribution in [0.1, 0.15) is 24.2 Å². The van der Waals surface area contributed by atoms with Gasteiger partial charge in [0.1, 0.15) is 5.75 Å². The molecule has 0 spiro atoms. The molecule has 0 saturated carbocycles. The quantitative estimate of drug-likeness (QED) is 0.747. The Balaban J connectivity index is 1.60. The smallest absolute Gasteiger partial charge is 0.257 e. The molecule has 0 bridgehead atoms. The van der Waals surface area contributed by atoms with E-state index in [0.29, 0.717) is 11.7 Å². The summed E-state index contributed by atoms with van der Waals surface area (Å²) in [6, 6.07) is 16.9. The molecule has 3 aromatic rings. The fourth-order valence-corrected chi connectivity index (χ4v) is 2.39. The van der Waals surface area contributed by atoms with E-state index in [1.54, 1.807) is 7.11 Å². The minimum Gasteiger partial charge on any atom is -0.497 e. The Morgan fingerprint density at radius 2 is 1.88 bits per heavy atom. The Labute approximate surface area is 145 Å². The highest BCUT2D eigenvalue weighted by molar-refractivity contribution is 5.83. The number of rotatable bonds is 6. The zero-order valence-electron chi connectivity index (χ0n) is 14.1. The Bertz CT molecular complexity index is 829. The summed E-state index contributed by atoms with van der Waals surface area (Å²) in [7, 11) is 1.61. The Hall–Kier alpha value is -3.15. The van der Waals surface area contributed by atoms with Crippen molar-refractivity contribution in [3.05, 3.63) is 66.0 Å². The van der Waals surface area contributed by atoms with Crippen LogP contribution in [-0.2, 0) is 11.3 Å². The highest BCUT2D eigenvalue weighted by Crippen LogP contribution is 2.20. The number of methoxy groups -OCH3 is 1. The normalized spacial score (nSPS) is 11.8. The van der Waals surface area contributed by atoms with Gasteiger partial charge in [-0.1, -0.05) is 35.5 Å². The van der Waals surface area contributed by atoms with Crippen LogP contribution in [0.15, 0.2) is 59.1 Å². The standard InChI is InChI=1S/C19H19N3O3/c1-13(14-6-4-3-5-7-14)18(23)20-12-17-21-19(25-22-17)15-8-10-16(24-2)11-9-15/h3-11,13H,12H2,1-2H3,(H,20,23)/t13-/m1/s1. The van der Waals surface area contributed by atoms with Gasteiger partial charge >= 0.3 is 0 Å². The van der Waals surface area contributed by atoms with Gasteiger partial charge in [0.2, 0.25) is 5.91 Å². The van der Waals surface area contributed by atoms with Crippen molar-refractivity contribution in [3.63, 3.8) is 0 Å². The zero-order valence-corrected chi connectivity index (χ0v) is 14.1. The van der Waals surface area contributed by atoms with Gasteiger partial charge in [-0.3, -0.25) is 4.79 Å². The molecule has 0 unspecified atom stereocenters. The maximum atomic E-state index is 12.3. The fraction of sp³-hybridized carbons (Fsp3) is 0.211. The first kappa shape index (κ1) is 16.7. The third-order valence-corrected chi connectivity index (χ3v) is 3.92. The predicted octanol–water partition coefficient (Wildman–Crippen LogP) is 3.17. The first-order valence-electron chi connectivity index (χ1n) is 7.97. The first-order chi connectivity index (χ1) is 12.2. The molecule has 0 fully saturated rings. The van der Waals surface area contributed by atoms with Crippen LogP contribution in [0, 0.1) is 0 Å². The van der Waals surface area contributed by atoms with E-state index in [4.69, 9.17) is 9.26 Å². The number of hydrogen-bond acceptors (Lipinski definition) is 5. The molecule has 0 aliphatic carbocycles. The van der Waals surface area contributed by atoms with E-state index in [-0.39, 0.29) is 18.4 Å². The van der Waals surface area contributed by atoms with Crippen LogP contribution < -0.4 is 10.1 Å². The Morgan fingerprint density at radius 3 is 2.56 bits per heavy atom. The molecule has 1 heterocycles. The molecule has 0 aliphatic rings. The number of amides is 1. The van der Waals surface area contributed by atoms with Gasteiger partial charge in [0.15, 0.2) is 5.82 Å². The second-order valence-corrected chi connectivity index (χ2v) is 5.59. The predicted molar refractivity (Wildman–Crippen MR) is 93.0 cm³/mol. The molecule has 1 amide bonds. The molecule has 128 valence electrons. The highest BCUT2D eigenvalue weighted by Gasteiger charge is 2.16. The molecular formula is C19H19N3O3. The van der Waals surface area contributed by atoms with E-state index >= 15 is 0 Å². The number of benzene rings is 2. The van der Waals surface area contributed by atoms with E-state index in [9.17, 15) is 4.79 Å². The molecule has 1 atom stereocenters. The van der Waals surface area contributed by atoms with Crippen molar-refractivity contribution in [3.8, 4) is 17.2 Å². The van der Waals surface area contributed by atoms with Crippen LogP contribution >= 0.6 is 0 Å². The van der Waals surface area contributed by atoms with Crippen LogP contribution in [0.4, 0.5) is 0 Å². The average Bonchev–Trinajstić information content (AvgIpc) is 3.15. The average molecular weight is 337 g/mol. The van der Waals surface area contributed by atoms with Crippen molar-refractivity contribution >= 4 is 5.91 Å². The van der Waals surface area contributed by atoms with Crippen molar-refractivity contribution in [2.75, 3.05) is 7.11 Å². The summed E-state index contributed by atoms with van der Waals surface area (Å²) < 4.78 is 10.4. The molecule has 6 nitrogen and oxygen atoms in total. The van der Waals surface area contributed by atoms with E-state index < -0.39 is 0 Å². The van der Waals surface area contributed by atoms with E-state index in [1.807, 2.05) is 61.5 Å². The van der Waals surface area contributed by atoms with E-state index in [1.165, 1.54) is 0 Å². The SMILES string of the molecule is COc1ccc(-c2nc(CNC(=O)[C@H](C)c3ccccc3)no2)cc1. The Kier molecular flexibility index (Phi) is 5.09. The minimum absolute atomic E-state index is 0.0815. The number of carbonyl (C=O) groups is 1. The molecule has 0 radical (unpaired) electrons. The molecule has 0 saturated heterocycles. The van der Waals surface area contributed by atoms with Gasteiger partial charge in [-0.25, -0.2) is 0 Å². The van der Waals surface area contributed by atoms with Gasteiger partial charge < -0.3 is 14.6 Å². The van der Waals surface area contributed by atoms with Crippen LogP contribution in [-0.4, -0.2) is 23.2 Å². The van der Waals surface area contributed by atoms with Gasteiger partial charge in [0, 0.05) is 5.56 Å². The number of nitrogens with one attached hydrogen (secondary N) is 1. The number of nitrogens with zero attached hydrogens (tertiary/aromatic N) is 2. The van der Waals surface area contributed by atoms with Gasteiger partial charge in [0.05, 0.1) is 19.6 Å². The largest absolute Gasteiger partial charge is 0.497 e.